The number of esters is 1. The van der Waals surface area contributed by atoms with Gasteiger partial charge in [0.2, 0.25) is 0 Å². The van der Waals surface area contributed by atoms with Crippen LogP contribution in [0.3, 0.4) is 0 Å². The molecule has 0 aliphatic rings. The SMILES string of the molecule is CCC[CH2][Sn]([CH2]CCC)([CH2]CCC)/[C](=C\CNC(=O)OC(C)(C)C)C(=O)OC. The third-order valence-corrected chi connectivity index (χ3v) is 20.6. The van der Waals surface area contributed by atoms with Gasteiger partial charge in [-0.3, -0.25) is 0 Å². The predicted octanol–water partition coefficient (Wildman–Crippen LogP) is 6.00. The van der Waals surface area contributed by atoms with Gasteiger partial charge in [0.25, 0.3) is 0 Å². The van der Waals surface area contributed by atoms with Crippen LogP contribution in [-0.4, -0.2) is 49.7 Å². The van der Waals surface area contributed by atoms with Gasteiger partial charge in [0.15, 0.2) is 0 Å². The van der Waals surface area contributed by atoms with E-state index >= 15 is 0 Å². The quantitative estimate of drug-likeness (QED) is 0.190. The van der Waals surface area contributed by atoms with Crippen LogP contribution >= 0.6 is 0 Å². The van der Waals surface area contributed by atoms with Gasteiger partial charge in [-0.05, 0) is 0 Å². The molecule has 28 heavy (non-hydrogen) atoms. The molecule has 0 atom stereocenters. The Bertz CT molecular complexity index is 475. The molecule has 0 saturated heterocycles. The van der Waals surface area contributed by atoms with Crippen LogP contribution in [0, 0.1) is 0 Å². The Morgan fingerprint density at radius 2 is 1.39 bits per heavy atom. The zero-order valence-electron chi connectivity index (χ0n) is 19.3. The number of nitrogens with one attached hydrogen (secondary N) is 1. The van der Waals surface area contributed by atoms with Gasteiger partial charge in [0.1, 0.15) is 0 Å². The number of carbonyl (C=O) groups excluding carboxylic acids is 2. The fourth-order valence-corrected chi connectivity index (χ4v) is 19.8. The molecule has 6 heteroatoms. The second-order valence-corrected chi connectivity index (χ2v) is 21.7. The average molecular weight is 504 g/mol. The van der Waals surface area contributed by atoms with Crippen LogP contribution in [0.4, 0.5) is 4.79 Å². The third kappa shape index (κ3) is 10.7. The number of hydrogen-bond acceptors (Lipinski definition) is 4. The van der Waals surface area contributed by atoms with Gasteiger partial charge in [0.05, 0.1) is 0 Å². The third-order valence-electron chi connectivity index (χ3n) is 4.95. The standard InChI is InChI=1S/C10H16NO4.3C4H9.Sn/c1-10(2,3)15-9(13)11-7-5-6-8(12)14-4;3*1-3-4-2;/h5H,7H2,1-4H3,(H,11,13);3*1,3-4H2,2H3;. The average Bonchev–Trinajstić information content (AvgIpc) is 2.63. The van der Waals surface area contributed by atoms with Crippen molar-refractivity contribution in [3.63, 3.8) is 0 Å². The van der Waals surface area contributed by atoms with E-state index in [0.717, 1.165) is 42.1 Å². The number of carbonyl (C=O) groups is 2. The van der Waals surface area contributed by atoms with Crippen LogP contribution < -0.4 is 5.32 Å². The Kier molecular flexibility index (Phi) is 13.9. The molecule has 1 N–H and O–H groups in total. The van der Waals surface area contributed by atoms with Crippen molar-refractivity contribution < 1.29 is 19.1 Å². The molecule has 0 aromatic rings. The summed E-state index contributed by atoms with van der Waals surface area (Å²) in [6.07, 6.45) is 8.40. The molecule has 0 aromatic heterocycles. The van der Waals surface area contributed by atoms with Gasteiger partial charge in [-0.25, -0.2) is 0 Å². The predicted molar refractivity (Wildman–Crippen MR) is 119 cm³/mol. The van der Waals surface area contributed by atoms with Crippen molar-refractivity contribution in [2.75, 3.05) is 13.7 Å². The summed E-state index contributed by atoms with van der Waals surface area (Å²) in [6, 6.07) is 0. The summed E-state index contributed by atoms with van der Waals surface area (Å²) in [7, 11) is 1.47. The molecular formula is C22H43NO4Sn. The summed E-state index contributed by atoms with van der Waals surface area (Å²) in [6.45, 7) is 12.5. The summed E-state index contributed by atoms with van der Waals surface area (Å²) in [5.74, 6) is -0.190. The summed E-state index contributed by atoms with van der Waals surface area (Å²) in [4.78, 5) is 24.8. The van der Waals surface area contributed by atoms with E-state index in [1.165, 1.54) is 20.4 Å². The van der Waals surface area contributed by atoms with Crippen LogP contribution in [0.15, 0.2) is 9.67 Å². The molecule has 0 rings (SSSR count). The maximum atomic E-state index is 12.8. The van der Waals surface area contributed by atoms with Gasteiger partial charge in [-0.15, -0.1) is 0 Å². The van der Waals surface area contributed by atoms with E-state index in [1.807, 2.05) is 26.8 Å². The van der Waals surface area contributed by atoms with Crippen molar-refractivity contribution in [1.29, 1.82) is 0 Å². The van der Waals surface area contributed by atoms with E-state index in [-0.39, 0.29) is 5.97 Å². The van der Waals surface area contributed by atoms with E-state index in [1.54, 1.807) is 0 Å². The molecule has 0 aliphatic heterocycles. The minimum atomic E-state index is -2.92. The fourth-order valence-electron chi connectivity index (χ4n) is 3.50. The molecule has 0 fully saturated rings. The number of ether oxygens (including phenoxy) is 2. The molecule has 0 radical (unpaired) electrons. The Balaban J connectivity index is 5.65. The van der Waals surface area contributed by atoms with Crippen molar-refractivity contribution >= 4 is 30.4 Å². The van der Waals surface area contributed by atoms with Crippen LogP contribution in [-0.2, 0) is 14.3 Å². The molecular weight excluding hydrogens is 461 g/mol. The van der Waals surface area contributed by atoms with E-state index in [0.29, 0.717) is 6.54 Å². The Morgan fingerprint density at radius 1 is 0.929 bits per heavy atom. The van der Waals surface area contributed by atoms with Crippen LogP contribution in [0.25, 0.3) is 0 Å². The van der Waals surface area contributed by atoms with Gasteiger partial charge in [0, 0.05) is 0 Å². The zero-order valence-corrected chi connectivity index (χ0v) is 22.1. The Morgan fingerprint density at radius 3 is 1.75 bits per heavy atom. The summed E-state index contributed by atoms with van der Waals surface area (Å²) in [5.41, 5.74) is -0.536. The second-order valence-electron chi connectivity index (χ2n) is 8.58. The normalized spacial score (nSPS) is 12.6. The first kappa shape index (κ1) is 27.3. The summed E-state index contributed by atoms with van der Waals surface area (Å²) in [5, 5.41) is 2.78. The van der Waals surface area contributed by atoms with Crippen LogP contribution in [0.5, 0.6) is 0 Å². The molecule has 0 saturated carbocycles. The number of alkyl carbamates (subject to hydrolysis) is 1. The minimum absolute atomic E-state index is 0.190. The van der Waals surface area contributed by atoms with Gasteiger partial charge >= 0.3 is 177 Å². The molecule has 5 nitrogen and oxygen atoms in total. The van der Waals surface area contributed by atoms with E-state index in [4.69, 9.17) is 9.47 Å². The molecule has 0 spiro atoms. The van der Waals surface area contributed by atoms with Crippen molar-refractivity contribution in [2.24, 2.45) is 0 Å². The van der Waals surface area contributed by atoms with E-state index in [9.17, 15) is 9.59 Å². The molecule has 1 amide bonds. The Hall–Kier alpha value is -0.721. The zero-order chi connectivity index (χ0) is 21.6. The van der Waals surface area contributed by atoms with E-state index < -0.39 is 30.1 Å². The van der Waals surface area contributed by atoms with Crippen LogP contribution in [0.2, 0.25) is 13.3 Å². The van der Waals surface area contributed by atoms with Crippen molar-refractivity contribution in [3.8, 4) is 0 Å². The number of rotatable bonds is 13. The van der Waals surface area contributed by atoms with Crippen molar-refractivity contribution in [1.82, 2.24) is 5.32 Å². The monoisotopic (exact) mass is 505 g/mol. The molecule has 0 unspecified atom stereocenters. The number of hydrogen-bond donors (Lipinski definition) is 1. The second kappa shape index (κ2) is 14.3. The summed E-state index contributed by atoms with van der Waals surface area (Å²) < 4.78 is 15.0. The Labute approximate surface area is 176 Å². The number of amides is 1. The molecule has 0 bridgehead atoms. The first-order valence-corrected chi connectivity index (χ1v) is 18.4. The first-order valence-electron chi connectivity index (χ1n) is 10.9. The topological polar surface area (TPSA) is 64.6 Å². The molecule has 164 valence electrons. The number of methoxy groups -OCH3 is 1. The first-order chi connectivity index (χ1) is 13.2. The fraction of sp³-hybridized carbons (Fsp3) is 0.818. The maximum absolute atomic E-state index is 12.8. The molecule has 0 heterocycles. The van der Waals surface area contributed by atoms with Crippen molar-refractivity contribution in [2.45, 2.75) is 99.0 Å². The van der Waals surface area contributed by atoms with E-state index in [2.05, 4.69) is 26.1 Å². The van der Waals surface area contributed by atoms with Crippen molar-refractivity contribution in [3.05, 3.63) is 9.67 Å². The van der Waals surface area contributed by atoms with Gasteiger partial charge < -0.3 is 0 Å². The summed E-state index contributed by atoms with van der Waals surface area (Å²) >= 11 is -2.92. The van der Waals surface area contributed by atoms with Crippen LogP contribution in [0.1, 0.15) is 80.1 Å². The van der Waals surface area contributed by atoms with Gasteiger partial charge in [-0.2, -0.15) is 0 Å². The van der Waals surface area contributed by atoms with Gasteiger partial charge in [-0.1, -0.05) is 0 Å². The number of unbranched alkanes of at least 4 members (excludes halogenated alkanes) is 3. The molecule has 0 aliphatic carbocycles. The molecule has 0 aromatic carbocycles.